The van der Waals surface area contributed by atoms with Crippen LogP contribution in [0.15, 0.2) is 57.7 Å². The Bertz CT molecular complexity index is 924. The number of rotatable bonds is 3. The van der Waals surface area contributed by atoms with Crippen LogP contribution in [0.2, 0.25) is 0 Å². The van der Waals surface area contributed by atoms with Crippen molar-refractivity contribution in [3.63, 3.8) is 0 Å². The zero-order valence-electron chi connectivity index (χ0n) is 11.7. The van der Waals surface area contributed by atoms with Crippen LogP contribution in [-0.2, 0) is 0 Å². The van der Waals surface area contributed by atoms with Crippen LogP contribution in [0.4, 0.5) is 0 Å². The van der Waals surface area contributed by atoms with Crippen molar-refractivity contribution in [2.24, 2.45) is 0 Å². The summed E-state index contributed by atoms with van der Waals surface area (Å²) in [5, 5.41) is 9.98. The fourth-order valence-corrected chi connectivity index (χ4v) is 2.47. The van der Waals surface area contributed by atoms with E-state index in [1.165, 1.54) is 7.11 Å². The first kappa shape index (κ1) is 13.9. The molecule has 0 unspecified atom stereocenters. The molecule has 0 atom stereocenters. The Hall–Kier alpha value is -3.08. The second-order valence-electron chi connectivity index (χ2n) is 4.64. The second kappa shape index (κ2) is 5.37. The monoisotopic (exact) mass is 296 g/mol. The normalized spacial score (nSPS) is 10.6. The van der Waals surface area contributed by atoms with Gasteiger partial charge in [-0.2, -0.15) is 0 Å². The van der Waals surface area contributed by atoms with Crippen molar-refractivity contribution >= 4 is 16.9 Å². The van der Waals surface area contributed by atoms with E-state index in [1.54, 1.807) is 48.5 Å². The number of aromatic carboxylic acids is 1. The van der Waals surface area contributed by atoms with Crippen LogP contribution < -0.4 is 10.4 Å². The van der Waals surface area contributed by atoms with Crippen molar-refractivity contribution in [3.05, 3.63) is 64.5 Å². The standard InChI is InChI=1S/C17H12O5/c1-21-12-8-4-2-6-10(12)14-11-7-3-5-9-13(11)22-17(20)15(14)16(18)19/h2-9H,1H3,(H,18,19). The van der Waals surface area contributed by atoms with Gasteiger partial charge in [-0.15, -0.1) is 0 Å². The molecule has 22 heavy (non-hydrogen) atoms. The predicted octanol–water partition coefficient (Wildman–Crippen LogP) is 3.17. The van der Waals surface area contributed by atoms with Crippen molar-refractivity contribution in [2.75, 3.05) is 7.11 Å². The number of benzene rings is 2. The summed E-state index contributed by atoms with van der Waals surface area (Å²) in [4.78, 5) is 23.6. The lowest BCUT2D eigenvalue weighted by atomic mass is 9.96. The maximum Gasteiger partial charge on any atom is 0.351 e. The molecule has 2 aromatic carbocycles. The van der Waals surface area contributed by atoms with E-state index in [1.807, 2.05) is 0 Å². The maximum absolute atomic E-state index is 12.1. The third-order valence-corrected chi connectivity index (χ3v) is 3.40. The lowest BCUT2D eigenvalue weighted by molar-refractivity contribution is 0.0693. The molecule has 1 N–H and O–H groups in total. The van der Waals surface area contributed by atoms with Crippen LogP contribution >= 0.6 is 0 Å². The molecule has 0 spiro atoms. The number of carboxylic acid groups (broad SMARTS) is 1. The van der Waals surface area contributed by atoms with Crippen molar-refractivity contribution in [1.29, 1.82) is 0 Å². The van der Waals surface area contributed by atoms with E-state index in [4.69, 9.17) is 9.15 Å². The molecule has 0 radical (unpaired) electrons. The number of methoxy groups -OCH3 is 1. The smallest absolute Gasteiger partial charge is 0.351 e. The molecule has 0 fully saturated rings. The fourth-order valence-electron chi connectivity index (χ4n) is 2.47. The lowest BCUT2D eigenvalue weighted by Gasteiger charge is -2.12. The molecule has 3 rings (SSSR count). The van der Waals surface area contributed by atoms with Gasteiger partial charge in [0, 0.05) is 16.5 Å². The van der Waals surface area contributed by atoms with Crippen LogP contribution in [0, 0.1) is 0 Å². The molecule has 0 bridgehead atoms. The number of carbonyl (C=O) groups is 1. The van der Waals surface area contributed by atoms with Gasteiger partial charge in [-0.05, 0) is 12.1 Å². The molecular weight excluding hydrogens is 284 g/mol. The summed E-state index contributed by atoms with van der Waals surface area (Å²) >= 11 is 0. The molecule has 0 saturated heterocycles. The molecule has 3 aromatic rings. The van der Waals surface area contributed by atoms with Gasteiger partial charge in [-0.1, -0.05) is 36.4 Å². The summed E-state index contributed by atoms with van der Waals surface area (Å²) in [7, 11) is 1.49. The molecule has 1 aromatic heterocycles. The van der Waals surface area contributed by atoms with E-state index in [-0.39, 0.29) is 0 Å². The Labute approximate surface area is 125 Å². The molecule has 110 valence electrons. The Balaban J connectivity index is 2.53. The molecule has 0 aliphatic heterocycles. The largest absolute Gasteiger partial charge is 0.496 e. The molecule has 5 nitrogen and oxygen atoms in total. The molecule has 5 heteroatoms. The summed E-state index contributed by atoms with van der Waals surface area (Å²) in [5.74, 6) is -0.846. The summed E-state index contributed by atoms with van der Waals surface area (Å²) in [5.41, 5.74) is -0.114. The minimum absolute atomic E-state index is 0.303. The highest BCUT2D eigenvalue weighted by Crippen LogP contribution is 2.36. The minimum atomic E-state index is -1.33. The SMILES string of the molecule is COc1ccccc1-c1c(C(=O)O)c(=O)oc2ccccc12. The Morgan fingerprint density at radius 3 is 2.50 bits per heavy atom. The van der Waals surface area contributed by atoms with Gasteiger partial charge in [0.05, 0.1) is 7.11 Å². The average molecular weight is 296 g/mol. The van der Waals surface area contributed by atoms with Gasteiger partial charge in [-0.3, -0.25) is 0 Å². The minimum Gasteiger partial charge on any atom is -0.496 e. The summed E-state index contributed by atoms with van der Waals surface area (Å²) in [6.07, 6.45) is 0. The van der Waals surface area contributed by atoms with Crippen molar-refractivity contribution < 1.29 is 19.1 Å². The fraction of sp³-hybridized carbons (Fsp3) is 0.0588. The van der Waals surface area contributed by atoms with Crippen LogP contribution in [0.5, 0.6) is 5.75 Å². The zero-order chi connectivity index (χ0) is 15.7. The van der Waals surface area contributed by atoms with E-state index in [0.29, 0.717) is 27.8 Å². The number of hydrogen-bond acceptors (Lipinski definition) is 4. The van der Waals surface area contributed by atoms with Gasteiger partial charge >= 0.3 is 11.6 Å². The zero-order valence-corrected chi connectivity index (χ0v) is 11.7. The Morgan fingerprint density at radius 2 is 1.77 bits per heavy atom. The van der Waals surface area contributed by atoms with Gasteiger partial charge < -0.3 is 14.3 Å². The summed E-state index contributed by atoms with van der Waals surface area (Å²) < 4.78 is 10.4. The first-order valence-electron chi connectivity index (χ1n) is 6.56. The molecule has 1 heterocycles. The van der Waals surface area contributed by atoms with Crippen molar-refractivity contribution in [2.45, 2.75) is 0 Å². The van der Waals surface area contributed by atoms with Gasteiger partial charge in [0.2, 0.25) is 0 Å². The maximum atomic E-state index is 12.1. The van der Waals surface area contributed by atoms with E-state index >= 15 is 0 Å². The third-order valence-electron chi connectivity index (χ3n) is 3.40. The van der Waals surface area contributed by atoms with E-state index in [9.17, 15) is 14.7 Å². The quantitative estimate of drug-likeness (QED) is 0.751. The lowest BCUT2D eigenvalue weighted by Crippen LogP contribution is -2.15. The first-order valence-corrected chi connectivity index (χ1v) is 6.56. The number of fused-ring (bicyclic) bond motifs is 1. The third kappa shape index (κ3) is 2.13. The molecular formula is C17H12O5. The Morgan fingerprint density at radius 1 is 1.09 bits per heavy atom. The number of carboxylic acids is 1. The first-order chi connectivity index (χ1) is 10.6. The highest BCUT2D eigenvalue weighted by Gasteiger charge is 2.23. The van der Waals surface area contributed by atoms with Crippen molar-refractivity contribution in [3.8, 4) is 16.9 Å². The van der Waals surface area contributed by atoms with Crippen LogP contribution in [0.25, 0.3) is 22.1 Å². The van der Waals surface area contributed by atoms with Crippen LogP contribution in [-0.4, -0.2) is 18.2 Å². The predicted molar refractivity (Wildman–Crippen MR) is 81.4 cm³/mol. The highest BCUT2D eigenvalue weighted by atomic mass is 16.5. The van der Waals surface area contributed by atoms with Gasteiger partial charge in [0.15, 0.2) is 5.56 Å². The van der Waals surface area contributed by atoms with Crippen molar-refractivity contribution in [1.82, 2.24) is 0 Å². The topological polar surface area (TPSA) is 76.7 Å². The van der Waals surface area contributed by atoms with E-state index < -0.39 is 17.2 Å². The molecule has 0 saturated carbocycles. The second-order valence-corrected chi connectivity index (χ2v) is 4.64. The Kier molecular flexibility index (Phi) is 3.39. The molecule has 0 aliphatic rings. The van der Waals surface area contributed by atoms with Gasteiger partial charge in [0.25, 0.3) is 0 Å². The van der Waals surface area contributed by atoms with Crippen LogP contribution in [0.3, 0.4) is 0 Å². The summed E-state index contributed by atoms with van der Waals surface area (Å²) in [6.45, 7) is 0. The number of hydrogen-bond donors (Lipinski definition) is 1. The number of ether oxygens (including phenoxy) is 1. The molecule has 0 aliphatic carbocycles. The molecule has 0 amide bonds. The number of para-hydroxylation sites is 2. The average Bonchev–Trinajstić information content (AvgIpc) is 2.53. The highest BCUT2D eigenvalue weighted by molar-refractivity contribution is 6.06. The van der Waals surface area contributed by atoms with E-state index in [0.717, 1.165) is 0 Å². The van der Waals surface area contributed by atoms with Crippen LogP contribution in [0.1, 0.15) is 10.4 Å². The van der Waals surface area contributed by atoms with E-state index in [2.05, 4.69) is 0 Å². The summed E-state index contributed by atoms with van der Waals surface area (Å²) in [6, 6.07) is 13.8. The van der Waals surface area contributed by atoms with Gasteiger partial charge in [-0.25, -0.2) is 9.59 Å². The van der Waals surface area contributed by atoms with Gasteiger partial charge in [0.1, 0.15) is 11.3 Å².